The lowest BCUT2D eigenvalue weighted by atomic mass is 10.1. The van der Waals surface area contributed by atoms with Crippen LogP contribution in [0.15, 0.2) is 18.2 Å². The summed E-state index contributed by atoms with van der Waals surface area (Å²) >= 11 is 0. The van der Waals surface area contributed by atoms with Gasteiger partial charge in [0, 0.05) is 25.7 Å². The van der Waals surface area contributed by atoms with Crippen molar-refractivity contribution in [1.82, 2.24) is 20.5 Å². The van der Waals surface area contributed by atoms with Gasteiger partial charge in [-0.05, 0) is 38.3 Å². The van der Waals surface area contributed by atoms with Gasteiger partial charge in [-0.3, -0.25) is 9.59 Å². The average molecular weight is 376 g/mol. The molecular formula is C19H28N4O4. The molecular weight excluding hydrogens is 348 g/mol. The SMILES string of the molecule is CCCCNC(=O)c1cccc(C(=O)NC2CCN(C(=O)OCC)CC2)n1. The number of hydrogen-bond acceptors (Lipinski definition) is 5. The molecule has 2 N–H and O–H groups in total. The van der Waals surface area contributed by atoms with Crippen LogP contribution < -0.4 is 10.6 Å². The van der Waals surface area contributed by atoms with Gasteiger partial charge in [-0.15, -0.1) is 0 Å². The number of carbonyl (C=O) groups excluding carboxylic acids is 3. The normalized spacial score (nSPS) is 14.5. The van der Waals surface area contributed by atoms with E-state index in [2.05, 4.69) is 15.6 Å². The minimum absolute atomic E-state index is 0.0352. The number of pyridine rings is 1. The van der Waals surface area contributed by atoms with Gasteiger partial charge in [0.05, 0.1) is 6.61 Å². The van der Waals surface area contributed by atoms with Gasteiger partial charge in [-0.1, -0.05) is 19.4 Å². The van der Waals surface area contributed by atoms with E-state index in [0.717, 1.165) is 12.8 Å². The van der Waals surface area contributed by atoms with Crippen LogP contribution in [0.4, 0.5) is 4.79 Å². The van der Waals surface area contributed by atoms with Gasteiger partial charge in [0.2, 0.25) is 0 Å². The van der Waals surface area contributed by atoms with Crippen LogP contribution in [0.3, 0.4) is 0 Å². The van der Waals surface area contributed by atoms with Crippen molar-refractivity contribution in [1.29, 1.82) is 0 Å². The van der Waals surface area contributed by atoms with Gasteiger partial charge in [0.15, 0.2) is 0 Å². The fraction of sp³-hybridized carbons (Fsp3) is 0.579. The third-order valence-corrected chi connectivity index (χ3v) is 4.39. The number of piperidine rings is 1. The molecule has 0 aromatic carbocycles. The molecule has 2 heterocycles. The maximum Gasteiger partial charge on any atom is 0.409 e. The van der Waals surface area contributed by atoms with Crippen LogP contribution in [0.2, 0.25) is 0 Å². The first-order chi connectivity index (χ1) is 13.0. The predicted octanol–water partition coefficient (Wildman–Crippen LogP) is 1.96. The Hall–Kier alpha value is -2.64. The molecule has 0 unspecified atom stereocenters. The van der Waals surface area contributed by atoms with E-state index in [9.17, 15) is 14.4 Å². The molecule has 2 rings (SSSR count). The van der Waals surface area contributed by atoms with E-state index in [0.29, 0.717) is 39.1 Å². The second-order valence-electron chi connectivity index (χ2n) is 6.45. The Morgan fingerprint density at radius 1 is 1.15 bits per heavy atom. The first-order valence-corrected chi connectivity index (χ1v) is 9.53. The molecule has 27 heavy (non-hydrogen) atoms. The van der Waals surface area contributed by atoms with E-state index >= 15 is 0 Å². The summed E-state index contributed by atoms with van der Waals surface area (Å²) in [5, 5.41) is 5.72. The minimum atomic E-state index is -0.314. The topological polar surface area (TPSA) is 101 Å². The zero-order valence-corrected chi connectivity index (χ0v) is 16.0. The van der Waals surface area contributed by atoms with Crippen LogP contribution in [0.25, 0.3) is 0 Å². The number of hydrogen-bond donors (Lipinski definition) is 2. The van der Waals surface area contributed by atoms with Crippen LogP contribution in [0.5, 0.6) is 0 Å². The second-order valence-corrected chi connectivity index (χ2v) is 6.45. The molecule has 1 fully saturated rings. The van der Waals surface area contributed by atoms with Crippen molar-refractivity contribution in [3.05, 3.63) is 29.6 Å². The largest absolute Gasteiger partial charge is 0.450 e. The maximum absolute atomic E-state index is 12.5. The van der Waals surface area contributed by atoms with E-state index in [4.69, 9.17) is 4.74 Å². The van der Waals surface area contributed by atoms with Gasteiger partial charge in [-0.2, -0.15) is 0 Å². The number of nitrogens with zero attached hydrogens (tertiary/aromatic N) is 2. The van der Waals surface area contributed by atoms with Gasteiger partial charge in [0.25, 0.3) is 11.8 Å². The lowest BCUT2D eigenvalue weighted by molar-refractivity contribution is 0.0856. The molecule has 0 spiro atoms. The number of likely N-dealkylation sites (tertiary alicyclic amines) is 1. The minimum Gasteiger partial charge on any atom is -0.450 e. The van der Waals surface area contributed by atoms with E-state index in [1.165, 1.54) is 0 Å². The van der Waals surface area contributed by atoms with Crippen molar-refractivity contribution in [3.8, 4) is 0 Å². The molecule has 3 amide bonds. The molecule has 0 radical (unpaired) electrons. The number of ether oxygens (including phenoxy) is 1. The monoisotopic (exact) mass is 376 g/mol. The van der Waals surface area contributed by atoms with Crippen LogP contribution in [0.1, 0.15) is 60.5 Å². The molecule has 148 valence electrons. The molecule has 1 aromatic heterocycles. The quantitative estimate of drug-likeness (QED) is 0.709. The Kier molecular flexibility index (Phi) is 8.03. The Morgan fingerprint density at radius 3 is 2.44 bits per heavy atom. The van der Waals surface area contributed by atoms with Crippen molar-refractivity contribution in [3.63, 3.8) is 0 Å². The summed E-state index contributed by atoms with van der Waals surface area (Å²) in [6.45, 7) is 5.84. The van der Waals surface area contributed by atoms with Crippen molar-refractivity contribution in [2.45, 2.75) is 45.6 Å². The number of aromatic nitrogens is 1. The first kappa shape index (κ1) is 20.7. The molecule has 8 heteroatoms. The van der Waals surface area contributed by atoms with Crippen molar-refractivity contribution in [2.24, 2.45) is 0 Å². The highest BCUT2D eigenvalue weighted by atomic mass is 16.6. The highest BCUT2D eigenvalue weighted by Crippen LogP contribution is 2.12. The Bertz CT molecular complexity index is 657. The second kappa shape index (κ2) is 10.5. The van der Waals surface area contributed by atoms with Crippen LogP contribution in [-0.4, -0.2) is 60.1 Å². The number of rotatable bonds is 7. The number of carbonyl (C=O) groups is 3. The zero-order valence-electron chi connectivity index (χ0n) is 16.0. The highest BCUT2D eigenvalue weighted by Gasteiger charge is 2.25. The Morgan fingerprint density at radius 2 is 1.81 bits per heavy atom. The molecule has 0 saturated carbocycles. The van der Waals surface area contributed by atoms with Gasteiger partial charge in [0.1, 0.15) is 11.4 Å². The molecule has 0 aliphatic carbocycles. The summed E-state index contributed by atoms with van der Waals surface area (Å²) in [6, 6.07) is 4.80. The van der Waals surface area contributed by atoms with E-state index < -0.39 is 0 Å². The average Bonchev–Trinajstić information content (AvgIpc) is 2.69. The number of unbranched alkanes of at least 4 members (excludes halogenated alkanes) is 1. The fourth-order valence-corrected chi connectivity index (χ4v) is 2.84. The lowest BCUT2D eigenvalue weighted by Crippen LogP contribution is -2.46. The van der Waals surface area contributed by atoms with Crippen LogP contribution in [0, 0.1) is 0 Å². The highest BCUT2D eigenvalue weighted by molar-refractivity contribution is 5.96. The summed E-state index contributed by atoms with van der Waals surface area (Å²) in [6.07, 6.45) is 2.89. The molecule has 1 aromatic rings. The molecule has 8 nitrogen and oxygen atoms in total. The molecule has 0 atom stereocenters. The van der Waals surface area contributed by atoms with Gasteiger partial charge < -0.3 is 20.3 Å². The lowest BCUT2D eigenvalue weighted by Gasteiger charge is -2.31. The smallest absolute Gasteiger partial charge is 0.409 e. The van der Waals surface area contributed by atoms with Crippen molar-refractivity contribution in [2.75, 3.05) is 26.2 Å². The number of nitrogens with one attached hydrogen (secondary N) is 2. The fourth-order valence-electron chi connectivity index (χ4n) is 2.84. The molecule has 1 aliphatic rings. The molecule has 1 saturated heterocycles. The molecule has 0 bridgehead atoms. The van der Waals surface area contributed by atoms with Crippen LogP contribution >= 0.6 is 0 Å². The third-order valence-electron chi connectivity index (χ3n) is 4.39. The van der Waals surface area contributed by atoms with Crippen LogP contribution in [-0.2, 0) is 4.74 Å². The summed E-state index contributed by atoms with van der Waals surface area (Å²) in [5.41, 5.74) is 0.446. The summed E-state index contributed by atoms with van der Waals surface area (Å²) < 4.78 is 4.99. The maximum atomic E-state index is 12.5. The summed E-state index contributed by atoms with van der Waals surface area (Å²) in [7, 11) is 0. The van der Waals surface area contributed by atoms with E-state index in [-0.39, 0.29) is 35.3 Å². The summed E-state index contributed by atoms with van der Waals surface area (Å²) in [5.74, 6) is -0.589. The van der Waals surface area contributed by atoms with Crippen molar-refractivity contribution >= 4 is 17.9 Å². The van der Waals surface area contributed by atoms with E-state index in [1.807, 2.05) is 6.92 Å². The third kappa shape index (κ3) is 6.23. The predicted molar refractivity (Wildman–Crippen MR) is 101 cm³/mol. The molecule has 1 aliphatic heterocycles. The van der Waals surface area contributed by atoms with Gasteiger partial charge >= 0.3 is 6.09 Å². The Labute approximate surface area is 159 Å². The van der Waals surface area contributed by atoms with E-state index in [1.54, 1.807) is 30.0 Å². The summed E-state index contributed by atoms with van der Waals surface area (Å²) in [4.78, 5) is 42.1. The first-order valence-electron chi connectivity index (χ1n) is 9.53. The number of amides is 3. The Balaban J connectivity index is 1.87. The van der Waals surface area contributed by atoms with Crippen molar-refractivity contribution < 1.29 is 19.1 Å². The van der Waals surface area contributed by atoms with Gasteiger partial charge in [-0.25, -0.2) is 9.78 Å². The standard InChI is InChI=1S/C19H28N4O4/c1-3-5-11-20-17(24)15-7-6-8-16(22-15)18(25)21-14-9-12-23(13-10-14)19(26)27-4-2/h6-8,14H,3-5,9-13H2,1-2H3,(H,20,24)(H,21,25). The zero-order chi connectivity index (χ0) is 19.6.